The number of aryl methyl sites for hydroxylation is 1. The molecular weight excluding hydrogens is 310 g/mol. The largest absolute Gasteiger partial charge is 0.334 e. The lowest BCUT2D eigenvalue weighted by atomic mass is 10.1. The van der Waals surface area contributed by atoms with E-state index in [0.29, 0.717) is 6.54 Å². The normalized spacial score (nSPS) is 15.2. The maximum atomic E-state index is 12.3. The lowest BCUT2D eigenvalue weighted by Crippen LogP contribution is -2.51. The third kappa shape index (κ3) is 5.33. The SMILES string of the molecule is Cc1ccc(CNC(=O)N2CCN(CCc3ccccc3)CC2)cc1. The Bertz CT molecular complexity index is 661. The minimum absolute atomic E-state index is 0.0447. The van der Waals surface area contributed by atoms with Gasteiger partial charge in [-0.05, 0) is 24.5 Å². The summed E-state index contributed by atoms with van der Waals surface area (Å²) in [6, 6.07) is 18.9. The second-order valence-electron chi connectivity index (χ2n) is 6.71. The minimum Gasteiger partial charge on any atom is -0.334 e. The number of urea groups is 1. The third-order valence-corrected chi connectivity index (χ3v) is 4.78. The van der Waals surface area contributed by atoms with Crippen molar-refractivity contribution in [3.8, 4) is 0 Å². The van der Waals surface area contributed by atoms with Crippen molar-refractivity contribution >= 4 is 6.03 Å². The fourth-order valence-corrected chi connectivity index (χ4v) is 3.10. The van der Waals surface area contributed by atoms with Crippen molar-refractivity contribution in [2.45, 2.75) is 19.9 Å². The molecule has 2 amide bonds. The summed E-state index contributed by atoms with van der Waals surface area (Å²) in [5.74, 6) is 0. The number of benzene rings is 2. The predicted octanol–water partition coefficient (Wildman–Crippen LogP) is 3.06. The van der Waals surface area contributed by atoms with Gasteiger partial charge in [0.1, 0.15) is 0 Å². The Morgan fingerprint density at radius 3 is 2.28 bits per heavy atom. The molecule has 132 valence electrons. The quantitative estimate of drug-likeness (QED) is 0.910. The summed E-state index contributed by atoms with van der Waals surface area (Å²) in [6.45, 7) is 7.22. The van der Waals surface area contributed by atoms with Crippen LogP contribution in [0, 0.1) is 6.92 Å². The standard InChI is InChI=1S/C21H27N3O/c1-18-7-9-20(10-8-18)17-22-21(25)24-15-13-23(14-16-24)12-11-19-5-3-2-4-6-19/h2-10H,11-17H2,1H3,(H,22,25). The van der Waals surface area contributed by atoms with Crippen LogP contribution in [0.3, 0.4) is 0 Å². The Morgan fingerprint density at radius 2 is 1.60 bits per heavy atom. The summed E-state index contributed by atoms with van der Waals surface area (Å²) in [6.07, 6.45) is 1.07. The van der Waals surface area contributed by atoms with E-state index in [1.165, 1.54) is 11.1 Å². The molecule has 0 unspecified atom stereocenters. The molecule has 0 aromatic heterocycles. The van der Waals surface area contributed by atoms with Gasteiger partial charge in [-0.3, -0.25) is 4.90 Å². The average molecular weight is 337 g/mol. The first kappa shape index (κ1) is 17.5. The molecule has 25 heavy (non-hydrogen) atoms. The van der Waals surface area contributed by atoms with Crippen molar-refractivity contribution in [2.24, 2.45) is 0 Å². The molecule has 0 aliphatic carbocycles. The van der Waals surface area contributed by atoms with Crippen LogP contribution in [0.4, 0.5) is 4.79 Å². The van der Waals surface area contributed by atoms with Gasteiger partial charge in [-0.15, -0.1) is 0 Å². The molecule has 3 rings (SSSR count). The number of hydrogen-bond acceptors (Lipinski definition) is 2. The van der Waals surface area contributed by atoms with Crippen molar-refractivity contribution in [1.29, 1.82) is 0 Å². The number of rotatable bonds is 5. The summed E-state index contributed by atoms with van der Waals surface area (Å²) in [5, 5.41) is 3.03. The molecule has 0 saturated carbocycles. The Kier molecular flexibility index (Phi) is 6.07. The molecule has 0 spiro atoms. The Hall–Kier alpha value is -2.33. The highest BCUT2D eigenvalue weighted by Crippen LogP contribution is 2.07. The number of piperazine rings is 1. The molecule has 1 fully saturated rings. The van der Waals surface area contributed by atoms with Crippen LogP contribution in [0.1, 0.15) is 16.7 Å². The summed E-state index contributed by atoms with van der Waals surface area (Å²) in [5.41, 5.74) is 3.75. The molecule has 1 heterocycles. The van der Waals surface area contributed by atoms with Crippen LogP contribution in [0.15, 0.2) is 54.6 Å². The van der Waals surface area contributed by atoms with Crippen LogP contribution in [0.5, 0.6) is 0 Å². The van der Waals surface area contributed by atoms with Gasteiger partial charge in [0.25, 0.3) is 0 Å². The monoisotopic (exact) mass is 337 g/mol. The zero-order valence-electron chi connectivity index (χ0n) is 14.9. The zero-order valence-corrected chi connectivity index (χ0v) is 14.9. The first-order chi connectivity index (χ1) is 12.2. The molecule has 2 aromatic rings. The maximum absolute atomic E-state index is 12.3. The van der Waals surface area contributed by atoms with E-state index < -0.39 is 0 Å². The van der Waals surface area contributed by atoms with Crippen LogP contribution in [0.25, 0.3) is 0 Å². The molecule has 0 bridgehead atoms. The molecule has 1 aliphatic heterocycles. The van der Waals surface area contributed by atoms with Crippen LogP contribution in [0.2, 0.25) is 0 Å². The first-order valence-corrected chi connectivity index (χ1v) is 9.05. The molecule has 1 aliphatic rings. The van der Waals surface area contributed by atoms with Gasteiger partial charge in [-0.2, -0.15) is 0 Å². The molecular formula is C21H27N3O. The van der Waals surface area contributed by atoms with E-state index in [1.54, 1.807) is 0 Å². The van der Waals surface area contributed by atoms with Gasteiger partial charge in [-0.1, -0.05) is 60.2 Å². The summed E-state index contributed by atoms with van der Waals surface area (Å²) < 4.78 is 0. The predicted molar refractivity (Wildman–Crippen MR) is 102 cm³/mol. The highest BCUT2D eigenvalue weighted by molar-refractivity contribution is 5.74. The number of nitrogens with one attached hydrogen (secondary N) is 1. The fourth-order valence-electron chi connectivity index (χ4n) is 3.10. The van der Waals surface area contributed by atoms with E-state index in [0.717, 1.165) is 44.7 Å². The number of nitrogens with zero attached hydrogens (tertiary/aromatic N) is 2. The first-order valence-electron chi connectivity index (χ1n) is 9.05. The summed E-state index contributed by atoms with van der Waals surface area (Å²) in [4.78, 5) is 16.7. The molecule has 1 N–H and O–H groups in total. The second-order valence-corrected chi connectivity index (χ2v) is 6.71. The highest BCUT2D eigenvalue weighted by Gasteiger charge is 2.20. The fraction of sp³-hybridized carbons (Fsp3) is 0.381. The smallest absolute Gasteiger partial charge is 0.317 e. The van der Waals surface area contributed by atoms with Gasteiger partial charge < -0.3 is 10.2 Å². The highest BCUT2D eigenvalue weighted by atomic mass is 16.2. The molecule has 2 aromatic carbocycles. The van der Waals surface area contributed by atoms with E-state index in [1.807, 2.05) is 4.90 Å². The van der Waals surface area contributed by atoms with E-state index in [-0.39, 0.29) is 6.03 Å². The maximum Gasteiger partial charge on any atom is 0.317 e. The Balaban J connectivity index is 1.38. The number of amides is 2. The van der Waals surface area contributed by atoms with Crippen LogP contribution in [-0.4, -0.2) is 48.6 Å². The van der Waals surface area contributed by atoms with E-state index in [4.69, 9.17) is 0 Å². The van der Waals surface area contributed by atoms with Gasteiger partial charge in [0.15, 0.2) is 0 Å². The molecule has 0 atom stereocenters. The minimum atomic E-state index is 0.0447. The van der Waals surface area contributed by atoms with Gasteiger partial charge >= 0.3 is 6.03 Å². The Morgan fingerprint density at radius 1 is 0.920 bits per heavy atom. The van der Waals surface area contributed by atoms with Crippen molar-refractivity contribution in [2.75, 3.05) is 32.7 Å². The number of carbonyl (C=O) groups excluding carboxylic acids is 1. The van der Waals surface area contributed by atoms with Crippen LogP contribution in [-0.2, 0) is 13.0 Å². The molecule has 0 radical (unpaired) electrons. The molecule has 4 heteroatoms. The lowest BCUT2D eigenvalue weighted by Gasteiger charge is -2.34. The molecule has 4 nitrogen and oxygen atoms in total. The van der Waals surface area contributed by atoms with Gasteiger partial charge in [-0.25, -0.2) is 4.79 Å². The lowest BCUT2D eigenvalue weighted by molar-refractivity contribution is 0.140. The van der Waals surface area contributed by atoms with Crippen molar-refractivity contribution < 1.29 is 4.79 Å². The topological polar surface area (TPSA) is 35.6 Å². The van der Waals surface area contributed by atoms with E-state index >= 15 is 0 Å². The van der Waals surface area contributed by atoms with Crippen LogP contribution >= 0.6 is 0 Å². The molecule has 1 saturated heterocycles. The number of hydrogen-bond donors (Lipinski definition) is 1. The summed E-state index contributed by atoms with van der Waals surface area (Å²) in [7, 11) is 0. The zero-order chi connectivity index (χ0) is 17.5. The summed E-state index contributed by atoms with van der Waals surface area (Å²) >= 11 is 0. The Labute approximate surface area is 150 Å². The average Bonchev–Trinajstić information content (AvgIpc) is 2.67. The van der Waals surface area contributed by atoms with Crippen molar-refractivity contribution in [1.82, 2.24) is 15.1 Å². The second kappa shape index (κ2) is 8.67. The van der Waals surface area contributed by atoms with E-state index in [2.05, 4.69) is 71.7 Å². The van der Waals surface area contributed by atoms with Gasteiger partial charge in [0.05, 0.1) is 0 Å². The van der Waals surface area contributed by atoms with Crippen LogP contribution < -0.4 is 5.32 Å². The number of carbonyl (C=O) groups is 1. The third-order valence-electron chi connectivity index (χ3n) is 4.78. The van der Waals surface area contributed by atoms with Gasteiger partial charge in [0, 0.05) is 39.3 Å². The van der Waals surface area contributed by atoms with Gasteiger partial charge in [0.2, 0.25) is 0 Å². The van der Waals surface area contributed by atoms with E-state index in [9.17, 15) is 4.79 Å². The van der Waals surface area contributed by atoms with Crippen molar-refractivity contribution in [3.63, 3.8) is 0 Å². The van der Waals surface area contributed by atoms with Crippen molar-refractivity contribution in [3.05, 3.63) is 71.3 Å².